The molecule has 2 rings (SSSR count). The molecule has 20 heavy (non-hydrogen) atoms. The first-order valence-corrected chi connectivity index (χ1v) is 6.61. The standard InChI is InChI=1S/C14H18FN3O2/c1-9(2)16-7-3-4-13-17-14(18-20-13)10-5-6-12(19)11(15)8-10/h5-6,8-9,16,19H,3-4,7H2,1-2H3. The highest BCUT2D eigenvalue weighted by molar-refractivity contribution is 5.55. The number of aryl methyl sites for hydroxylation is 1. The Kier molecular flexibility index (Phi) is 4.68. The van der Waals surface area contributed by atoms with E-state index in [0.29, 0.717) is 29.7 Å². The molecule has 0 aliphatic heterocycles. The molecule has 0 fully saturated rings. The van der Waals surface area contributed by atoms with E-state index in [4.69, 9.17) is 9.63 Å². The molecule has 0 atom stereocenters. The Labute approximate surface area is 116 Å². The second-order valence-electron chi connectivity index (χ2n) is 4.89. The van der Waals surface area contributed by atoms with E-state index in [2.05, 4.69) is 29.3 Å². The third-order valence-electron chi connectivity index (χ3n) is 2.79. The zero-order chi connectivity index (χ0) is 14.5. The van der Waals surface area contributed by atoms with E-state index >= 15 is 0 Å². The van der Waals surface area contributed by atoms with Crippen LogP contribution in [0.1, 0.15) is 26.2 Å². The minimum atomic E-state index is -0.699. The Morgan fingerprint density at radius 2 is 2.20 bits per heavy atom. The number of phenols is 1. The number of nitrogens with zero attached hydrogens (tertiary/aromatic N) is 2. The van der Waals surface area contributed by atoms with Crippen molar-refractivity contribution >= 4 is 0 Å². The van der Waals surface area contributed by atoms with Gasteiger partial charge in [-0.05, 0) is 31.2 Å². The summed E-state index contributed by atoms with van der Waals surface area (Å²) in [7, 11) is 0. The summed E-state index contributed by atoms with van der Waals surface area (Å²) in [6.45, 7) is 5.05. The Bertz CT molecular complexity index is 569. The zero-order valence-electron chi connectivity index (χ0n) is 11.6. The van der Waals surface area contributed by atoms with Gasteiger partial charge in [0.05, 0.1) is 0 Å². The molecule has 0 bridgehead atoms. The maximum Gasteiger partial charge on any atom is 0.227 e. The highest BCUT2D eigenvalue weighted by Crippen LogP contribution is 2.22. The maximum absolute atomic E-state index is 13.3. The number of phenolic OH excluding ortho intramolecular Hbond substituents is 1. The Balaban J connectivity index is 1.96. The van der Waals surface area contributed by atoms with Crippen LogP contribution in [0.25, 0.3) is 11.4 Å². The molecule has 0 aliphatic carbocycles. The van der Waals surface area contributed by atoms with Crippen molar-refractivity contribution in [3.05, 3.63) is 29.9 Å². The predicted octanol–water partition coefficient (Wildman–Crippen LogP) is 2.51. The van der Waals surface area contributed by atoms with Crippen molar-refractivity contribution in [3.63, 3.8) is 0 Å². The lowest BCUT2D eigenvalue weighted by Crippen LogP contribution is -2.23. The van der Waals surface area contributed by atoms with Crippen molar-refractivity contribution < 1.29 is 14.0 Å². The molecule has 0 radical (unpaired) electrons. The average molecular weight is 279 g/mol. The van der Waals surface area contributed by atoms with Crippen LogP contribution in [0.15, 0.2) is 22.7 Å². The van der Waals surface area contributed by atoms with Crippen LogP contribution >= 0.6 is 0 Å². The number of rotatable bonds is 6. The van der Waals surface area contributed by atoms with Gasteiger partial charge in [-0.3, -0.25) is 0 Å². The molecule has 5 nitrogen and oxygen atoms in total. The quantitative estimate of drug-likeness (QED) is 0.795. The fourth-order valence-electron chi connectivity index (χ4n) is 1.75. The van der Waals surface area contributed by atoms with Gasteiger partial charge in [-0.1, -0.05) is 19.0 Å². The molecule has 1 aromatic heterocycles. The van der Waals surface area contributed by atoms with Gasteiger partial charge in [0.1, 0.15) is 0 Å². The summed E-state index contributed by atoms with van der Waals surface area (Å²) < 4.78 is 18.4. The van der Waals surface area contributed by atoms with E-state index in [0.717, 1.165) is 13.0 Å². The molecule has 1 heterocycles. The van der Waals surface area contributed by atoms with E-state index in [-0.39, 0.29) is 0 Å². The molecule has 2 aromatic rings. The lowest BCUT2D eigenvalue weighted by Gasteiger charge is -2.05. The van der Waals surface area contributed by atoms with Gasteiger partial charge in [-0.25, -0.2) is 4.39 Å². The Hall–Kier alpha value is -1.95. The molecule has 0 amide bonds. The SMILES string of the molecule is CC(C)NCCCc1nc(-c2ccc(O)c(F)c2)no1. The first kappa shape index (κ1) is 14.5. The second-order valence-corrected chi connectivity index (χ2v) is 4.89. The topological polar surface area (TPSA) is 71.2 Å². The van der Waals surface area contributed by atoms with Crippen LogP contribution in [-0.2, 0) is 6.42 Å². The number of hydrogen-bond acceptors (Lipinski definition) is 5. The van der Waals surface area contributed by atoms with E-state index in [1.807, 2.05) is 0 Å². The van der Waals surface area contributed by atoms with Gasteiger partial charge in [-0.15, -0.1) is 0 Å². The van der Waals surface area contributed by atoms with Crippen LogP contribution in [0.5, 0.6) is 5.75 Å². The van der Waals surface area contributed by atoms with Gasteiger partial charge in [0.15, 0.2) is 11.6 Å². The lowest BCUT2D eigenvalue weighted by atomic mass is 10.2. The normalized spacial score (nSPS) is 11.2. The van der Waals surface area contributed by atoms with Crippen LogP contribution in [0.4, 0.5) is 4.39 Å². The summed E-state index contributed by atoms with van der Waals surface area (Å²) in [5.74, 6) is -0.234. The lowest BCUT2D eigenvalue weighted by molar-refractivity contribution is 0.374. The fraction of sp³-hybridized carbons (Fsp3) is 0.429. The molecular formula is C14H18FN3O2. The molecule has 0 spiro atoms. The summed E-state index contributed by atoms with van der Waals surface area (Å²) in [6, 6.07) is 4.46. The third-order valence-corrected chi connectivity index (χ3v) is 2.79. The maximum atomic E-state index is 13.3. The summed E-state index contributed by atoms with van der Waals surface area (Å²) in [4.78, 5) is 4.21. The number of hydrogen-bond donors (Lipinski definition) is 2. The number of aromatic nitrogens is 2. The van der Waals surface area contributed by atoms with Crippen LogP contribution in [-0.4, -0.2) is 27.8 Å². The van der Waals surface area contributed by atoms with E-state index in [9.17, 15) is 4.39 Å². The van der Waals surface area contributed by atoms with Crippen LogP contribution in [0.2, 0.25) is 0 Å². The largest absolute Gasteiger partial charge is 0.505 e. The zero-order valence-corrected chi connectivity index (χ0v) is 11.6. The fourth-order valence-corrected chi connectivity index (χ4v) is 1.75. The molecule has 1 aromatic carbocycles. The van der Waals surface area contributed by atoms with Gasteiger partial charge in [0.2, 0.25) is 11.7 Å². The molecule has 2 N–H and O–H groups in total. The molecule has 0 saturated carbocycles. The molecule has 108 valence electrons. The van der Waals surface area contributed by atoms with Crippen molar-refractivity contribution in [1.82, 2.24) is 15.5 Å². The van der Waals surface area contributed by atoms with Crippen molar-refractivity contribution in [1.29, 1.82) is 0 Å². The van der Waals surface area contributed by atoms with Gasteiger partial charge in [0, 0.05) is 18.0 Å². The van der Waals surface area contributed by atoms with Crippen LogP contribution in [0.3, 0.4) is 0 Å². The summed E-state index contributed by atoms with van der Waals surface area (Å²) >= 11 is 0. The minimum absolute atomic E-state index is 0.329. The highest BCUT2D eigenvalue weighted by atomic mass is 19.1. The van der Waals surface area contributed by atoms with E-state index in [1.54, 1.807) is 6.07 Å². The summed E-state index contributed by atoms with van der Waals surface area (Å²) in [5.41, 5.74) is 0.482. The second kappa shape index (κ2) is 6.47. The number of nitrogens with one attached hydrogen (secondary N) is 1. The molecule has 6 heteroatoms. The van der Waals surface area contributed by atoms with Crippen molar-refractivity contribution in [2.75, 3.05) is 6.54 Å². The molecular weight excluding hydrogens is 261 g/mol. The number of aromatic hydroxyl groups is 1. The van der Waals surface area contributed by atoms with Gasteiger partial charge >= 0.3 is 0 Å². The predicted molar refractivity (Wildman–Crippen MR) is 72.8 cm³/mol. The first-order valence-electron chi connectivity index (χ1n) is 6.61. The van der Waals surface area contributed by atoms with Crippen molar-refractivity contribution in [2.24, 2.45) is 0 Å². The van der Waals surface area contributed by atoms with Gasteiger partial charge < -0.3 is 14.9 Å². The summed E-state index contributed by atoms with van der Waals surface area (Å²) in [6.07, 6.45) is 1.57. The Morgan fingerprint density at radius 1 is 1.40 bits per heavy atom. The molecule has 0 saturated heterocycles. The number of benzene rings is 1. The van der Waals surface area contributed by atoms with E-state index in [1.165, 1.54) is 12.1 Å². The highest BCUT2D eigenvalue weighted by Gasteiger charge is 2.10. The van der Waals surface area contributed by atoms with Crippen LogP contribution in [0, 0.1) is 5.82 Å². The monoisotopic (exact) mass is 279 g/mol. The Morgan fingerprint density at radius 3 is 2.90 bits per heavy atom. The molecule has 0 aliphatic rings. The van der Waals surface area contributed by atoms with Crippen molar-refractivity contribution in [3.8, 4) is 17.1 Å². The third kappa shape index (κ3) is 3.77. The number of halogens is 1. The summed E-state index contributed by atoms with van der Waals surface area (Å²) in [5, 5.41) is 16.3. The van der Waals surface area contributed by atoms with Gasteiger partial charge in [0.25, 0.3) is 0 Å². The van der Waals surface area contributed by atoms with E-state index < -0.39 is 11.6 Å². The van der Waals surface area contributed by atoms with Crippen LogP contribution < -0.4 is 5.32 Å². The average Bonchev–Trinajstić information content (AvgIpc) is 2.86. The minimum Gasteiger partial charge on any atom is -0.505 e. The van der Waals surface area contributed by atoms with Gasteiger partial charge in [-0.2, -0.15) is 4.98 Å². The first-order chi connectivity index (χ1) is 9.56. The van der Waals surface area contributed by atoms with Crippen molar-refractivity contribution in [2.45, 2.75) is 32.7 Å². The smallest absolute Gasteiger partial charge is 0.227 e. The molecule has 0 unspecified atom stereocenters.